The number of hydrogen-bond acceptors (Lipinski definition) is 5. The van der Waals surface area contributed by atoms with Gasteiger partial charge in [0, 0.05) is 32.5 Å². The zero-order chi connectivity index (χ0) is 15.3. The van der Waals surface area contributed by atoms with Crippen LogP contribution >= 0.6 is 0 Å². The van der Waals surface area contributed by atoms with Crippen LogP contribution in [0.25, 0.3) is 0 Å². The van der Waals surface area contributed by atoms with E-state index >= 15 is 0 Å². The summed E-state index contributed by atoms with van der Waals surface area (Å²) in [6.07, 6.45) is 0. The van der Waals surface area contributed by atoms with Gasteiger partial charge in [0.25, 0.3) is 0 Å². The van der Waals surface area contributed by atoms with Crippen molar-refractivity contribution in [1.82, 2.24) is 4.90 Å². The lowest BCUT2D eigenvalue weighted by molar-refractivity contribution is -0.127. The van der Waals surface area contributed by atoms with Crippen molar-refractivity contribution in [2.45, 2.75) is 6.92 Å². The molecule has 0 aliphatic heterocycles. The Morgan fingerprint density at radius 1 is 1.25 bits per heavy atom. The average molecular weight is 279 g/mol. The number of nitrogens with zero attached hydrogens (tertiary/aromatic N) is 2. The molecule has 1 amide bonds. The zero-order valence-corrected chi connectivity index (χ0v) is 12.3. The SMILES string of the molecule is CCOC(=O)c1cc(N(C)CC(=O)N(C)C)ccc1N. The van der Waals surface area contributed by atoms with E-state index in [0.717, 1.165) is 5.69 Å². The van der Waals surface area contributed by atoms with Gasteiger partial charge in [0.2, 0.25) is 5.91 Å². The number of amides is 1. The number of ether oxygens (including phenoxy) is 1. The summed E-state index contributed by atoms with van der Waals surface area (Å²) in [5.74, 6) is -0.485. The molecule has 0 aromatic heterocycles. The smallest absolute Gasteiger partial charge is 0.340 e. The van der Waals surface area contributed by atoms with Gasteiger partial charge in [0.05, 0.1) is 18.7 Å². The molecular formula is C14H21N3O3. The first-order chi connectivity index (χ1) is 9.36. The molecule has 0 heterocycles. The number of benzene rings is 1. The maximum absolute atomic E-state index is 11.8. The van der Waals surface area contributed by atoms with Crippen LogP contribution in [0.1, 0.15) is 17.3 Å². The fraction of sp³-hybridized carbons (Fsp3) is 0.429. The van der Waals surface area contributed by atoms with Gasteiger partial charge in [0.15, 0.2) is 0 Å². The lowest BCUT2D eigenvalue weighted by atomic mass is 10.1. The van der Waals surface area contributed by atoms with Crippen molar-refractivity contribution in [2.75, 3.05) is 44.9 Å². The average Bonchev–Trinajstić information content (AvgIpc) is 2.39. The van der Waals surface area contributed by atoms with E-state index in [1.807, 2.05) is 0 Å². The number of likely N-dealkylation sites (N-methyl/N-ethyl adjacent to an activating group) is 2. The standard InChI is InChI=1S/C14H21N3O3/c1-5-20-14(19)11-8-10(6-7-12(11)15)17(4)9-13(18)16(2)3/h6-8H,5,9,15H2,1-4H3. The number of nitrogen functional groups attached to an aromatic ring is 1. The van der Waals surface area contributed by atoms with E-state index in [0.29, 0.717) is 11.3 Å². The van der Waals surface area contributed by atoms with Gasteiger partial charge < -0.3 is 20.3 Å². The molecule has 0 unspecified atom stereocenters. The highest BCUT2D eigenvalue weighted by Gasteiger charge is 2.15. The van der Waals surface area contributed by atoms with Crippen LogP contribution in [0, 0.1) is 0 Å². The van der Waals surface area contributed by atoms with Crippen LogP contribution in [-0.2, 0) is 9.53 Å². The fourth-order valence-electron chi connectivity index (χ4n) is 1.60. The second-order valence-corrected chi connectivity index (χ2v) is 4.64. The Labute approximate surface area is 119 Å². The van der Waals surface area contributed by atoms with Crippen molar-refractivity contribution in [3.63, 3.8) is 0 Å². The van der Waals surface area contributed by atoms with E-state index in [9.17, 15) is 9.59 Å². The maximum Gasteiger partial charge on any atom is 0.340 e. The van der Waals surface area contributed by atoms with E-state index in [1.165, 1.54) is 4.90 Å². The highest BCUT2D eigenvalue weighted by molar-refractivity contribution is 5.96. The third kappa shape index (κ3) is 3.88. The van der Waals surface area contributed by atoms with Gasteiger partial charge in [-0.15, -0.1) is 0 Å². The minimum absolute atomic E-state index is 0.0259. The zero-order valence-electron chi connectivity index (χ0n) is 12.3. The van der Waals surface area contributed by atoms with Crippen LogP contribution < -0.4 is 10.6 Å². The highest BCUT2D eigenvalue weighted by Crippen LogP contribution is 2.21. The summed E-state index contributed by atoms with van der Waals surface area (Å²) in [4.78, 5) is 26.7. The Hall–Kier alpha value is -2.24. The van der Waals surface area contributed by atoms with Crippen LogP contribution in [0.4, 0.5) is 11.4 Å². The molecule has 0 atom stereocenters. The topological polar surface area (TPSA) is 75.9 Å². The minimum atomic E-state index is -0.459. The Morgan fingerprint density at radius 3 is 2.45 bits per heavy atom. The Balaban J connectivity index is 2.94. The molecule has 0 radical (unpaired) electrons. The third-order valence-electron chi connectivity index (χ3n) is 2.84. The summed E-state index contributed by atoms with van der Waals surface area (Å²) in [7, 11) is 5.17. The Kier molecular flexibility index (Phi) is 5.37. The van der Waals surface area contributed by atoms with E-state index in [2.05, 4.69) is 0 Å². The molecular weight excluding hydrogens is 258 g/mol. The molecule has 0 aliphatic carbocycles. The normalized spacial score (nSPS) is 10.0. The lowest BCUT2D eigenvalue weighted by Crippen LogP contribution is -2.34. The summed E-state index contributed by atoms with van der Waals surface area (Å²) in [5, 5.41) is 0. The maximum atomic E-state index is 11.8. The molecule has 0 spiro atoms. The first-order valence-electron chi connectivity index (χ1n) is 6.34. The largest absolute Gasteiger partial charge is 0.462 e. The number of hydrogen-bond donors (Lipinski definition) is 1. The first kappa shape index (κ1) is 15.8. The van der Waals surface area contributed by atoms with Gasteiger partial charge in [-0.25, -0.2) is 4.79 Å². The van der Waals surface area contributed by atoms with Crippen molar-refractivity contribution < 1.29 is 14.3 Å². The first-order valence-corrected chi connectivity index (χ1v) is 6.34. The molecule has 6 heteroatoms. The summed E-state index contributed by atoms with van der Waals surface area (Å²) in [5.41, 5.74) is 7.18. The fourth-order valence-corrected chi connectivity index (χ4v) is 1.60. The van der Waals surface area contributed by atoms with Crippen molar-refractivity contribution >= 4 is 23.3 Å². The minimum Gasteiger partial charge on any atom is -0.462 e. The van der Waals surface area contributed by atoms with Crippen LogP contribution in [-0.4, -0.2) is 51.1 Å². The van der Waals surface area contributed by atoms with Gasteiger partial charge in [-0.2, -0.15) is 0 Å². The van der Waals surface area contributed by atoms with Crippen molar-refractivity contribution in [1.29, 1.82) is 0 Å². The predicted octanol–water partition coefficient (Wildman–Crippen LogP) is 0.970. The number of carbonyl (C=O) groups is 2. The summed E-state index contributed by atoms with van der Waals surface area (Å²) in [6.45, 7) is 2.25. The van der Waals surface area contributed by atoms with Gasteiger partial charge >= 0.3 is 5.97 Å². The second kappa shape index (κ2) is 6.79. The number of carbonyl (C=O) groups excluding carboxylic acids is 2. The second-order valence-electron chi connectivity index (χ2n) is 4.64. The Morgan fingerprint density at radius 2 is 1.90 bits per heavy atom. The molecule has 0 fully saturated rings. The summed E-state index contributed by atoms with van der Waals surface area (Å²) >= 11 is 0. The van der Waals surface area contributed by atoms with Gasteiger partial charge in [-0.3, -0.25) is 4.79 Å². The van der Waals surface area contributed by atoms with Crippen LogP contribution in [0.15, 0.2) is 18.2 Å². The quantitative estimate of drug-likeness (QED) is 0.642. The molecule has 0 saturated carbocycles. The third-order valence-corrected chi connectivity index (χ3v) is 2.84. The molecule has 1 aromatic carbocycles. The van der Waals surface area contributed by atoms with Gasteiger partial charge in [-0.05, 0) is 25.1 Å². The van der Waals surface area contributed by atoms with Crippen molar-refractivity contribution in [2.24, 2.45) is 0 Å². The van der Waals surface area contributed by atoms with Crippen LogP contribution in [0.3, 0.4) is 0 Å². The Bertz CT molecular complexity index is 500. The van der Waals surface area contributed by atoms with E-state index in [1.54, 1.807) is 51.2 Å². The van der Waals surface area contributed by atoms with Crippen molar-refractivity contribution in [3.05, 3.63) is 23.8 Å². The predicted molar refractivity (Wildman–Crippen MR) is 78.8 cm³/mol. The molecule has 1 rings (SSSR count). The lowest BCUT2D eigenvalue weighted by Gasteiger charge is -2.21. The number of anilines is 2. The highest BCUT2D eigenvalue weighted by atomic mass is 16.5. The molecule has 110 valence electrons. The van der Waals surface area contributed by atoms with Crippen LogP contribution in [0.2, 0.25) is 0 Å². The molecule has 0 bridgehead atoms. The monoisotopic (exact) mass is 279 g/mol. The molecule has 1 aromatic rings. The number of esters is 1. The van der Waals surface area contributed by atoms with Gasteiger partial charge in [0.1, 0.15) is 0 Å². The van der Waals surface area contributed by atoms with Crippen LogP contribution in [0.5, 0.6) is 0 Å². The molecule has 6 nitrogen and oxygen atoms in total. The van der Waals surface area contributed by atoms with E-state index in [4.69, 9.17) is 10.5 Å². The number of rotatable bonds is 5. The molecule has 0 aliphatic rings. The number of nitrogens with two attached hydrogens (primary N) is 1. The van der Waals surface area contributed by atoms with E-state index < -0.39 is 5.97 Å². The molecule has 20 heavy (non-hydrogen) atoms. The summed E-state index contributed by atoms with van der Waals surface area (Å²) < 4.78 is 4.95. The van der Waals surface area contributed by atoms with Crippen molar-refractivity contribution in [3.8, 4) is 0 Å². The molecule has 2 N–H and O–H groups in total. The molecule has 0 saturated heterocycles. The summed E-state index contributed by atoms with van der Waals surface area (Å²) in [6, 6.07) is 5.04. The van der Waals surface area contributed by atoms with E-state index in [-0.39, 0.29) is 19.1 Å². The van der Waals surface area contributed by atoms with Gasteiger partial charge in [-0.1, -0.05) is 0 Å².